The Bertz CT molecular complexity index is 2710. The van der Waals surface area contributed by atoms with Gasteiger partial charge in [0.25, 0.3) is 0 Å². The minimum Gasteiger partial charge on any atom is -0.308 e. The molecule has 204 valence electrons. The predicted octanol–water partition coefficient (Wildman–Crippen LogP) is 10.7. The van der Waals surface area contributed by atoms with Gasteiger partial charge in [-0.25, -0.2) is 4.98 Å². The molecule has 0 spiro atoms. The van der Waals surface area contributed by atoms with Gasteiger partial charge in [0.05, 0.1) is 27.6 Å². The molecule has 0 radical (unpaired) electrons. The van der Waals surface area contributed by atoms with E-state index >= 15 is 0 Å². The molecule has 0 saturated carbocycles. The summed E-state index contributed by atoms with van der Waals surface area (Å²) in [6.45, 7) is 0. The minimum absolute atomic E-state index is 0.949. The lowest BCUT2D eigenvalue weighted by molar-refractivity contribution is 1.10. The van der Waals surface area contributed by atoms with Crippen molar-refractivity contribution < 1.29 is 0 Å². The van der Waals surface area contributed by atoms with E-state index in [4.69, 9.17) is 4.98 Å². The second-order valence-electron chi connectivity index (χ2n) is 11.7. The molecule has 0 unspecified atom stereocenters. The van der Waals surface area contributed by atoms with E-state index < -0.39 is 0 Å². The predicted molar refractivity (Wildman–Crippen MR) is 184 cm³/mol. The molecule has 10 aromatic rings. The molecule has 0 aliphatic rings. The molecule has 0 bridgehead atoms. The van der Waals surface area contributed by atoms with Crippen LogP contribution in [0.15, 0.2) is 152 Å². The van der Waals surface area contributed by atoms with Crippen LogP contribution in [-0.2, 0) is 0 Å². The van der Waals surface area contributed by atoms with Gasteiger partial charge in [-0.2, -0.15) is 0 Å². The fourth-order valence-corrected chi connectivity index (χ4v) is 7.24. The van der Waals surface area contributed by atoms with Crippen molar-refractivity contribution in [2.24, 2.45) is 0 Å². The van der Waals surface area contributed by atoms with Crippen LogP contribution >= 0.6 is 0 Å². The molecule has 0 fully saturated rings. The van der Waals surface area contributed by atoms with Gasteiger partial charge in [0, 0.05) is 32.8 Å². The first kappa shape index (κ1) is 23.6. The minimum atomic E-state index is 0.949. The smallest absolute Gasteiger partial charge is 0.145 e. The van der Waals surface area contributed by atoms with E-state index in [9.17, 15) is 0 Å². The summed E-state index contributed by atoms with van der Waals surface area (Å²) in [7, 11) is 0. The first-order chi connectivity index (χ1) is 21.8. The molecule has 3 heterocycles. The van der Waals surface area contributed by atoms with Crippen molar-refractivity contribution >= 4 is 59.9 Å². The first-order valence-corrected chi connectivity index (χ1v) is 15.1. The Morgan fingerprint density at radius 1 is 0.409 bits per heavy atom. The van der Waals surface area contributed by atoms with Crippen LogP contribution in [0.5, 0.6) is 0 Å². The first-order valence-electron chi connectivity index (χ1n) is 15.1. The topological polar surface area (TPSA) is 22.2 Å². The molecule has 7 aromatic carbocycles. The van der Waals surface area contributed by atoms with Gasteiger partial charge < -0.3 is 4.40 Å². The Morgan fingerprint density at radius 3 is 1.93 bits per heavy atom. The van der Waals surface area contributed by atoms with E-state index in [1.54, 1.807) is 0 Å². The van der Waals surface area contributed by atoms with Crippen LogP contribution in [0.3, 0.4) is 0 Å². The fraction of sp³-hybridized carbons (Fsp3) is 0. The van der Waals surface area contributed by atoms with Crippen LogP contribution in [0, 0.1) is 0 Å². The molecule has 3 heteroatoms. The largest absolute Gasteiger partial charge is 0.308 e. The summed E-state index contributed by atoms with van der Waals surface area (Å²) < 4.78 is 4.70. The Hall–Kier alpha value is -5.93. The van der Waals surface area contributed by atoms with E-state index in [0.717, 1.165) is 28.1 Å². The molecule has 3 aromatic heterocycles. The fourth-order valence-electron chi connectivity index (χ4n) is 7.24. The van der Waals surface area contributed by atoms with Crippen LogP contribution in [0.2, 0.25) is 0 Å². The Labute approximate surface area is 253 Å². The highest BCUT2D eigenvalue weighted by Gasteiger charge is 2.18. The summed E-state index contributed by atoms with van der Waals surface area (Å²) in [4.78, 5) is 5.10. The molecule has 0 aliphatic carbocycles. The van der Waals surface area contributed by atoms with Crippen LogP contribution < -0.4 is 0 Å². The van der Waals surface area contributed by atoms with Gasteiger partial charge in [-0.1, -0.05) is 97.1 Å². The molecular formula is C41H25N3. The number of benzene rings is 7. The highest BCUT2D eigenvalue weighted by atomic mass is 15.1. The number of fused-ring (bicyclic) bond motifs is 8. The van der Waals surface area contributed by atoms with Crippen molar-refractivity contribution in [1.29, 1.82) is 0 Å². The van der Waals surface area contributed by atoms with Gasteiger partial charge in [0.2, 0.25) is 0 Å². The Morgan fingerprint density at radius 2 is 1.05 bits per heavy atom. The van der Waals surface area contributed by atoms with Crippen molar-refractivity contribution in [3.63, 3.8) is 0 Å². The summed E-state index contributed by atoms with van der Waals surface area (Å²) in [5.41, 5.74) is 10.6. The summed E-state index contributed by atoms with van der Waals surface area (Å²) in [5, 5.41) is 7.64. The summed E-state index contributed by atoms with van der Waals surface area (Å²) >= 11 is 0. The maximum atomic E-state index is 5.10. The van der Waals surface area contributed by atoms with Crippen molar-refractivity contribution in [2.45, 2.75) is 0 Å². The quantitative estimate of drug-likeness (QED) is 0.211. The zero-order valence-electron chi connectivity index (χ0n) is 23.8. The average molecular weight is 560 g/mol. The molecule has 3 nitrogen and oxygen atoms in total. The number of para-hydroxylation sites is 5. The van der Waals surface area contributed by atoms with Crippen LogP contribution in [0.25, 0.3) is 88.1 Å². The molecule has 0 N–H and O–H groups in total. The zero-order valence-corrected chi connectivity index (χ0v) is 23.8. The number of hydrogen-bond acceptors (Lipinski definition) is 1. The van der Waals surface area contributed by atoms with E-state index in [1.807, 2.05) is 0 Å². The third kappa shape index (κ3) is 3.24. The summed E-state index contributed by atoms with van der Waals surface area (Å²) in [5.74, 6) is 0.949. The Kier molecular flexibility index (Phi) is 4.72. The lowest BCUT2D eigenvalue weighted by Gasteiger charge is -2.11. The lowest BCUT2D eigenvalue weighted by atomic mass is 9.98. The van der Waals surface area contributed by atoms with Crippen molar-refractivity contribution in [3.8, 4) is 28.2 Å². The Balaban J connectivity index is 1.15. The van der Waals surface area contributed by atoms with Crippen LogP contribution in [-0.4, -0.2) is 14.0 Å². The number of hydrogen-bond donors (Lipinski definition) is 0. The normalized spacial score (nSPS) is 12.1. The molecular weight excluding hydrogens is 534 g/mol. The van der Waals surface area contributed by atoms with E-state index in [0.29, 0.717) is 0 Å². The van der Waals surface area contributed by atoms with Gasteiger partial charge in [-0.3, -0.25) is 4.57 Å². The molecule has 10 rings (SSSR count). The molecule has 0 amide bonds. The van der Waals surface area contributed by atoms with Gasteiger partial charge in [-0.05, 0) is 76.5 Å². The number of rotatable bonds is 3. The lowest BCUT2D eigenvalue weighted by Crippen LogP contribution is -1.97. The van der Waals surface area contributed by atoms with Gasteiger partial charge in [-0.15, -0.1) is 0 Å². The number of nitrogens with zero attached hydrogens (tertiary/aromatic N) is 3. The molecule has 44 heavy (non-hydrogen) atoms. The van der Waals surface area contributed by atoms with Crippen molar-refractivity contribution in [2.75, 3.05) is 0 Å². The summed E-state index contributed by atoms with van der Waals surface area (Å²) in [6, 6.07) is 54.7. The van der Waals surface area contributed by atoms with Gasteiger partial charge in [0.15, 0.2) is 0 Å². The highest BCUT2D eigenvalue weighted by Crippen LogP contribution is 2.40. The molecule has 0 atom stereocenters. The van der Waals surface area contributed by atoms with Crippen molar-refractivity contribution in [1.82, 2.24) is 14.0 Å². The average Bonchev–Trinajstić information content (AvgIpc) is 3.75. The standard InChI is InChI=1S/C41H25N3/c1-2-9-31(10-3-1)43-39-16-7-5-14-36(39)42-41(43)29-20-18-26-17-19-27(23-30(26)24-29)28-21-22-38-35(25-28)34-13-8-12-33-32-11-4-6-15-37(32)44(38)40(33)34/h1-25H. The highest BCUT2D eigenvalue weighted by molar-refractivity contribution is 6.23. The SMILES string of the molecule is c1ccc(-n2c(-c3ccc4ccc(-c5ccc6c(c5)c5cccc7c8ccccc8n6c75)cc4c3)nc3ccccc32)cc1. The number of imidazole rings is 1. The molecule has 0 aliphatic heterocycles. The zero-order chi connectivity index (χ0) is 28.8. The second-order valence-corrected chi connectivity index (χ2v) is 11.7. The maximum Gasteiger partial charge on any atom is 0.145 e. The summed E-state index contributed by atoms with van der Waals surface area (Å²) in [6.07, 6.45) is 0. The third-order valence-electron chi connectivity index (χ3n) is 9.23. The monoisotopic (exact) mass is 559 g/mol. The van der Waals surface area contributed by atoms with Gasteiger partial charge in [0.1, 0.15) is 5.82 Å². The van der Waals surface area contributed by atoms with Crippen molar-refractivity contribution in [3.05, 3.63) is 152 Å². The van der Waals surface area contributed by atoms with Crippen LogP contribution in [0.1, 0.15) is 0 Å². The van der Waals surface area contributed by atoms with E-state index in [1.165, 1.54) is 60.0 Å². The van der Waals surface area contributed by atoms with Gasteiger partial charge >= 0.3 is 0 Å². The van der Waals surface area contributed by atoms with E-state index in [-0.39, 0.29) is 0 Å². The molecule has 0 saturated heterocycles. The van der Waals surface area contributed by atoms with E-state index in [2.05, 4.69) is 161 Å². The number of aromatic nitrogens is 3. The maximum absolute atomic E-state index is 5.10. The third-order valence-corrected chi connectivity index (χ3v) is 9.23. The van der Waals surface area contributed by atoms with Crippen LogP contribution in [0.4, 0.5) is 0 Å². The second kappa shape index (κ2) is 8.79.